The van der Waals surface area contributed by atoms with Crippen molar-refractivity contribution in [2.75, 3.05) is 25.0 Å². The average Bonchev–Trinajstić information content (AvgIpc) is 2.63. The van der Waals surface area contributed by atoms with Crippen LogP contribution in [0.2, 0.25) is 0 Å². The first kappa shape index (κ1) is 17.7. The van der Waals surface area contributed by atoms with E-state index in [1.165, 1.54) is 11.8 Å². The van der Waals surface area contributed by atoms with E-state index in [1.807, 2.05) is 25.4 Å². The zero-order valence-corrected chi connectivity index (χ0v) is 14.1. The maximum Gasteiger partial charge on any atom is 0.230 e. The topological polar surface area (TPSA) is 66.3 Å². The summed E-state index contributed by atoms with van der Waals surface area (Å²) in [7, 11) is 1.86. The van der Waals surface area contributed by atoms with Gasteiger partial charge >= 0.3 is 0 Å². The van der Waals surface area contributed by atoms with Gasteiger partial charge in [-0.2, -0.15) is 0 Å². The Morgan fingerprint density at radius 2 is 2.17 bits per heavy atom. The highest BCUT2D eigenvalue weighted by Crippen LogP contribution is 2.04. The van der Waals surface area contributed by atoms with Crippen LogP contribution in [0.1, 0.15) is 17.7 Å². The van der Waals surface area contributed by atoms with E-state index >= 15 is 0 Å². The molecule has 1 N–H and O–H groups in total. The molecule has 0 aromatic carbocycles. The van der Waals surface area contributed by atoms with Crippen LogP contribution in [-0.4, -0.2) is 41.4 Å². The molecule has 0 unspecified atom stereocenters. The van der Waals surface area contributed by atoms with Crippen LogP contribution in [0.3, 0.4) is 0 Å². The van der Waals surface area contributed by atoms with E-state index in [1.54, 1.807) is 23.6 Å². The predicted octanol–water partition coefficient (Wildman–Crippen LogP) is 2.24. The van der Waals surface area contributed by atoms with E-state index in [-0.39, 0.29) is 0 Å². The van der Waals surface area contributed by atoms with Crippen LogP contribution in [0.4, 0.5) is 5.95 Å². The minimum atomic E-state index is 0.634. The van der Waals surface area contributed by atoms with Crippen LogP contribution < -0.4 is 10.2 Å². The molecule has 0 aliphatic rings. The molecular formula is C18H24N6. The van der Waals surface area contributed by atoms with Gasteiger partial charge in [-0.25, -0.2) is 15.0 Å². The molecule has 0 saturated heterocycles. The average molecular weight is 324 g/mol. The van der Waals surface area contributed by atoms with Crippen molar-refractivity contribution in [1.29, 1.82) is 0 Å². The molecule has 0 spiro atoms. The van der Waals surface area contributed by atoms with Crippen molar-refractivity contribution in [1.82, 2.24) is 20.3 Å². The fourth-order valence-electron chi connectivity index (χ4n) is 2.20. The molecule has 2 rings (SSSR count). The normalized spacial score (nSPS) is 10.9. The van der Waals surface area contributed by atoms with Crippen LogP contribution in [0.15, 0.2) is 54.6 Å². The van der Waals surface area contributed by atoms with Gasteiger partial charge in [0.05, 0.1) is 6.34 Å². The first-order chi connectivity index (χ1) is 11.8. The van der Waals surface area contributed by atoms with Gasteiger partial charge in [0.1, 0.15) is 0 Å². The second-order valence-electron chi connectivity index (χ2n) is 5.37. The van der Waals surface area contributed by atoms with Gasteiger partial charge in [0.15, 0.2) is 0 Å². The van der Waals surface area contributed by atoms with Crippen molar-refractivity contribution in [3.63, 3.8) is 0 Å². The van der Waals surface area contributed by atoms with Crippen molar-refractivity contribution in [3.05, 3.63) is 60.8 Å². The lowest BCUT2D eigenvalue weighted by Crippen LogP contribution is -2.21. The summed E-state index contributed by atoms with van der Waals surface area (Å²) in [4.78, 5) is 18.6. The molecule has 0 fully saturated rings. The molecule has 6 heteroatoms. The lowest BCUT2D eigenvalue weighted by molar-refractivity contribution is 0.642. The number of hydrogen-bond acceptors (Lipinski definition) is 5. The molecule has 0 atom stereocenters. The Labute approximate surface area is 143 Å². The van der Waals surface area contributed by atoms with Gasteiger partial charge in [-0.15, -0.1) is 0 Å². The smallest absolute Gasteiger partial charge is 0.230 e. The Morgan fingerprint density at radius 3 is 2.96 bits per heavy atom. The molecule has 0 amide bonds. The molecule has 0 bridgehead atoms. The highest BCUT2D eigenvalue weighted by atomic mass is 15.2. The highest BCUT2D eigenvalue weighted by molar-refractivity contribution is 5.75. The van der Waals surface area contributed by atoms with Gasteiger partial charge in [0.2, 0.25) is 5.95 Å². The molecule has 2 heterocycles. The van der Waals surface area contributed by atoms with Gasteiger partial charge in [0, 0.05) is 50.5 Å². The quantitative estimate of drug-likeness (QED) is 0.412. The van der Waals surface area contributed by atoms with Gasteiger partial charge in [-0.1, -0.05) is 12.6 Å². The molecule has 2 aromatic heterocycles. The molecule has 0 radical (unpaired) electrons. The Bertz CT molecular complexity index is 641. The lowest BCUT2D eigenvalue weighted by Gasteiger charge is -2.11. The van der Waals surface area contributed by atoms with Crippen molar-refractivity contribution >= 4 is 12.3 Å². The van der Waals surface area contributed by atoms with Gasteiger partial charge in [0.25, 0.3) is 0 Å². The number of anilines is 1. The fraction of sp³-hybridized carbons (Fsp3) is 0.333. The maximum atomic E-state index is 4.53. The molecule has 2 aromatic rings. The summed E-state index contributed by atoms with van der Waals surface area (Å²) < 4.78 is 0. The standard InChI is InChI=1S/C18H24N6/c1-3-19-15-24(2)18-22-13-9-17(23-18)8-12-20-10-4-6-16-7-5-11-21-14-16/h3,5,7,9,11,13-15,20H,1,4,6,8,10,12H2,2H3. The fourth-order valence-corrected chi connectivity index (χ4v) is 2.20. The van der Waals surface area contributed by atoms with Crippen molar-refractivity contribution in [2.24, 2.45) is 4.99 Å². The second-order valence-corrected chi connectivity index (χ2v) is 5.37. The monoisotopic (exact) mass is 324 g/mol. The SMILES string of the molecule is C=CN=CN(C)c1nccc(CCNCCCc2cccnc2)n1. The maximum absolute atomic E-state index is 4.53. The number of aromatic nitrogens is 3. The molecule has 24 heavy (non-hydrogen) atoms. The van der Waals surface area contributed by atoms with E-state index in [0.29, 0.717) is 5.95 Å². The molecular weight excluding hydrogens is 300 g/mol. The zero-order valence-electron chi connectivity index (χ0n) is 14.1. The first-order valence-corrected chi connectivity index (χ1v) is 8.08. The van der Waals surface area contributed by atoms with Crippen LogP contribution in [0.5, 0.6) is 0 Å². The minimum Gasteiger partial charge on any atom is -0.316 e. The van der Waals surface area contributed by atoms with Gasteiger partial charge < -0.3 is 10.2 Å². The summed E-state index contributed by atoms with van der Waals surface area (Å²) in [6.45, 7) is 5.43. The zero-order chi connectivity index (χ0) is 17.0. The summed E-state index contributed by atoms with van der Waals surface area (Å²) in [5, 5.41) is 3.45. The summed E-state index contributed by atoms with van der Waals surface area (Å²) in [5.41, 5.74) is 2.29. The Hall–Kier alpha value is -2.60. The third kappa shape index (κ3) is 6.26. The Kier molecular flexibility index (Phi) is 7.56. The molecule has 0 saturated carbocycles. The molecule has 0 aliphatic heterocycles. The van der Waals surface area contributed by atoms with Gasteiger partial charge in [-0.3, -0.25) is 4.98 Å². The number of aliphatic imine (C=N–C) groups is 1. The van der Waals surface area contributed by atoms with E-state index in [9.17, 15) is 0 Å². The van der Waals surface area contributed by atoms with E-state index in [2.05, 4.69) is 37.9 Å². The van der Waals surface area contributed by atoms with Crippen molar-refractivity contribution < 1.29 is 0 Å². The number of rotatable bonds is 10. The summed E-state index contributed by atoms with van der Waals surface area (Å²) in [5.74, 6) is 0.634. The number of aryl methyl sites for hydroxylation is 1. The van der Waals surface area contributed by atoms with Crippen molar-refractivity contribution in [2.45, 2.75) is 19.3 Å². The Balaban J connectivity index is 1.68. The first-order valence-electron chi connectivity index (χ1n) is 8.08. The van der Waals surface area contributed by atoms with Crippen molar-refractivity contribution in [3.8, 4) is 0 Å². The van der Waals surface area contributed by atoms with E-state index in [4.69, 9.17) is 0 Å². The summed E-state index contributed by atoms with van der Waals surface area (Å²) >= 11 is 0. The van der Waals surface area contributed by atoms with Gasteiger partial charge in [-0.05, 0) is 37.1 Å². The highest BCUT2D eigenvalue weighted by Gasteiger charge is 2.03. The summed E-state index contributed by atoms with van der Waals surface area (Å²) in [6, 6.07) is 6.03. The van der Waals surface area contributed by atoms with Crippen LogP contribution in [-0.2, 0) is 12.8 Å². The lowest BCUT2D eigenvalue weighted by atomic mass is 10.1. The minimum absolute atomic E-state index is 0.634. The summed E-state index contributed by atoms with van der Waals surface area (Å²) in [6.07, 6.45) is 11.6. The third-order valence-corrected chi connectivity index (χ3v) is 3.46. The van der Waals surface area contributed by atoms with Crippen LogP contribution in [0.25, 0.3) is 0 Å². The van der Waals surface area contributed by atoms with E-state index < -0.39 is 0 Å². The molecule has 0 aliphatic carbocycles. The van der Waals surface area contributed by atoms with E-state index in [0.717, 1.165) is 38.0 Å². The molecule has 6 nitrogen and oxygen atoms in total. The predicted molar refractivity (Wildman–Crippen MR) is 98.3 cm³/mol. The number of nitrogens with zero attached hydrogens (tertiary/aromatic N) is 5. The number of nitrogens with one attached hydrogen (secondary N) is 1. The number of pyridine rings is 1. The van der Waals surface area contributed by atoms with Crippen LogP contribution >= 0.6 is 0 Å². The largest absolute Gasteiger partial charge is 0.316 e. The molecule has 126 valence electrons. The van der Waals surface area contributed by atoms with Crippen LogP contribution in [0, 0.1) is 0 Å². The third-order valence-electron chi connectivity index (χ3n) is 3.46. The Morgan fingerprint density at radius 1 is 1.25 bits per heavy atom. The number of hydrogen-bond donors (Lipinski definition) is 1. The second kappa shape index (κ2) is 10.2.